The lowest BCUT2D eigenvalue weighted by atomic mass is 9.77. The molecule has 1 aliphatic rings. The Bertz CT molecular complexity index is 641. The number of benzene rings is 1. The van der Waals surface area contributed by atoms with Crippen LogP contribution in [0, 0.1) is 5.82 Å². The Hall–Kier alpha value is -1.70. The second kappa shape index (κ2) is 6.07. The van der Waals surface area contributed by atoms with Crippen molar-refractivity contribution in [2.45, 2.75) is 38.9 Å². The maximum Gasteiger partial charge on any atom is 0.491 e. The molecule has 2 rings (SSSR count). The standard InChI is InChI=1S/C16H21BFNO4/c1-15(2)16(3,4)23-17(22-15)11(9-19)8-10-6-5-7-12(13(10)18)14(20)21/h5-8H,9,19H2,1-4H3,(H,20,21). The number of hydrogen-bond acceptors (Lipinski definition) is 4. The summed E-state index contributed by atoms with van der Waals surface area (Å²) in [4.78, 5) is 11.0. The topological polar surface area (TPSA) is 81.8 Å². The first kappa shape index (κ1) is 17.7. The van der Waals surface area contributed by atoms with Crippen LogP contribution in [-0.2, 0) is 9.31 Å². The predicted molar refractivity (Wildman–Crippen MR) is 86.5 cm³/mol. The highest BCUT2D eigenvalue weighted by Gasteiger charge is 2.52. The molecule has 3 N–H and O–H groups in total. The molecule has 1 aromatic carbocycles. The lowest BCUT2D eigenvalue weighted by Crippen LogP contribution is -2.41. The first-order chi connectivity index (χ1) is 10.6. The number of rotatable bonds is 4. The van der Waals surface area contributed by atoms with Crippen molar-refractivity contribution in [2.24, 2.45) is 5.73 Å². The Kier molecular flexibility index (Phi) is 4.66. The number of halogens is 1. The minimum absolute atomic E-state index is 0.105. The van der Waals surface area contributed by atoms with Gasteiger partial charge in [0.05, 0.1) is 16.8 Å². The number of hydrogen-bond donors (Lipinski definition) is 2. The van der Waals surface area contributed by atoms with Crippen molar-refractivity contribution in [1.29, 1.82) is 0 Å². The van der Waals surface area contributed by atoms with Crippen molar-refractivity contribution in [2.75, 3.05) is 6.54 Å². The van der Waals surface area contributed by atoms with Crippen LogP contribution in [-0.4, -0.2) is 35.9 Å². The van der Waals surface area contributed by atoms with E-state index in [9.17, 15) is 9.18 Å². The lowest BCUT2D eigenvalue weighted by molar-refractivity contribution is 0.00578. The summed E-state index contributed by atoms with van der Waals surface area (Å²) in [6.07, 6.45) is 1.49. The van der Waals surface area contributed by atoms with Crippen LogP contribution < -0.4 is 5.73 Å². The summed E-state index contributed by atoms with van der Waals surface area (Å²) in [6.45, 7) is 7.74. The van der Waals surface area contributed by atoms with Crippen LogP contribution in [0.2, 0.25) is 0 Å². The fourth-order valence-electron chi connectivity index (χ4n) is 2.24. The minimum atomic E-state index is -1.32. The molecule has 0 radical (unpaired) electrons. The average Bonchev–Trinajstić information content (AvgIpc) is 2.65. The third kappa shape index (κ3) is 3.31. The fraction of sp³-hybridized carbons (Fsp3) is 0.438. The minimum Gasteiger partial charge on any atom is -0.478 e. The van der Waals surface area contributed by atoms with E-state index in [1.54, 1.807) is 0 Å². The highest BCUT2D eigenvalue weighted by Crippen LogP contribution is 2.38. The van der Waals surface area contributed by atoms with E-state index in [4.69, 9.17) is 20.1 Å². The van der Waals surface area contributed by atoms with Gasteiger partial charge in [-0.25, -0.2) is 9.18 Å². The van der Waals surface area contributed by atoms with Crippen molar-refractivity contribution < 1.29 is 23.6 Å². The van der Waals surface area contributed by atoms with E-state index >= 15 is 0 Å². The van der Waals surface area contributed by atoms with Gasteiger partial charge in [0.25, 0.3) is 0 Å². The van der Waals surface area contributed by atoms with Gasteiger partial charge >= 0.3 is 13.1 Å². The van der Waals surface area contributed by atoms with Crippen LogP contribution in [0.3, 0.4) is 0 Å². The van der Waals surface area contributed by atoms with E-state index in [0.29, 0.717) is 5.47 Å². The maximum absolute atomic E-state index is 14.3. The smallest absolute Gasteiger partial charge is 0.478 e. The van der Waals surface area contributed by atoms with E-state index < -0.39 is 30.1 Å². The summed E-state index contributed by atoms with van der Waals surface area (Å²) >= 11 is 0. The molecule has 0 bridgehead atoms. The van der Waals surface area contributed by atoms with Gasteiger partial charge in [-0.2, -0.15) is 0 Å². The summed E-state index contributed by atoms with van der Waals surface area (Å²) < 4.78 is 26.1. The molecule has 0 saturated carbocycles. The molecule has 0 aromatic heterocycles. The monoisotopic (exact) mass is 321 g/mol. The quantitative estimate of drug-likeness (QED) is 0.833. The zero-order chi connectivity index (χ0) is 17.4. The molecule has 0 amide bonds. The molecule has 0 atom stereocenters. The third-order valence-electron chi connectivity index (χ3n) is 4.39. The number of carbonyl (C=O) groups is 1. The van der Waals surface area contributed by atoms with Crippen LogP contribution in [0.4, 0.5) is 4.39 Å². The van der Waals surface area contributed by atoms with Crippen LogP contribution in [0.25, 0.3) is 6.08 Å². The summed E-state index contributed by atoms with van der Waals surface area (Å²) in [5.41, 5.74) is 4.99. The van der Waals surface area contributed by atoms with Crippen molar-refractivity contribution >= 4 is 19.2 Å². The van der Waals surface area contributed by atoms with Crippen LogP contribution in [0.1, 0.15) is 43.6 Å². The Morgan fingerprint density at radius 1 is 1.30 bits per heavy atom. The van der Waals surface area contributed by atoms with Gasteiger partial charge in [-0.3, -0.25) is 0 Å². The molecule has 124 valence electrons. The number of carboxylic acid groups (broad SMARTS) is 1. The molecule has 1 fully saturated rings. The van der Waals surface area contributed by atoms with E-state index in [1.807, 2.05) is 27.7 Å². The zero-order valence-corrected chi connectivity index (χ0v) is 13.7. The highest BCUT2D eigenvalue weighted by molar-refractivity contribution is 6.55. The van der Waals surface area contributed by atoms with Crippen molar-refractivity contribution in [3.05, 3.63) is 40.6 Å². The largest absolute Gasteiger partial charge is 0.491 e. The van der Waals surface area contributed by atoms with E-state index in [1.165, 1.54) is 24.3 Å². The lowest BCUT2D eigenvalue weighted by Gasteiger charge is -2.32. The molecule has 1 aromatic rings. The Morgan fingerprint density at radius 2 is 1.87 bits per heavy atom. The van der Waals surface area contributed by atoms with E-state index in [0.717, 1.165) is 0 Å². The van der Waals surface area contributed by atoms with E-state index in [-0.39, 0.29) is 17.7 Å². The number of carboxylic acids is 1. The van der Waals surface area contributed by atoms with Crippen LogP contribution in [0.15, 0.2) is 23.7 Å². The van der Waals surface area contributed by atoms with Gasteiger partial charge in [-0.15, -0.1) is 0 Å². The van der Waals surface area contributed by atoms with Gasteiger partial charge < -0.3 is 20.1 Å². The first-order valence-corrected chi connectivity index (χ1v) is 7.37. The molecule has 1 heterocycles. The summed E-state index contributed by atoms with van der Waals surface area (Å²) in [6, 6.07) is 4.19. The Labute approximate surface area is 135 Å². The third-order valence-corrected chi connectivity index (χ3v) is 4.39. The molecule has 5 nitrogen and oxygen atoms in total. The number of nitrogens with two attached hydrogens (primary N) is 1. The molecule has 7 heteroatoms. The summed E-state index contributed by atoms with van der Waals surface area (Å²) in [5.74, 6) is -2.12. The van der Waals surface area contributed by atoms with Gasteiger partial charge in [0.15, 0.2) is 0 Å². The van der Waals surface area contributed by atoms with Gasteiger partial charge in [-0.1, -0.05) is 18.2 Å². The first-order valence-electron chi connectivity index (χ1n) is 7.37. The normalized spacial score (nSPS) is 19.9. The van der Waals surface area contributed by atoms with Crippen LogP contribution >= 0.6 is 0 Å². The number of aromatic carboxylic acids is 1. The van der Waals surface area contributed by atoms with Crippen molar-refractivity contribution in [3.8, 4) is 0 Å². The SMILES string of the molecule is CC1(C)OB(C(=Cc2cccc(C(=O)O)c2F)CN)OC1(C)C. The zero-order valence-electron chi connectivity index (χ0n) is 13.7. The summed E-state index contributed by atoms with van der Waals surface area (Å²) in [7, 11) is -0.696. The highest BCUT2D eigenvalue weighted by atomic mass is 19.1. The summed E-state index contributed by atoms with van der Waals surface area (Å²) in [5, 5.41) is 9.00. The second-order valence-corrected chi connectivity index (χ2v) is 6.53. The molecule has 1 aliphatic heterocycles. The van der Waals surface area contributed by atoms with Gasteiger partial charge in [0.2, 0.25) is 0 Å². The Balaban J connectivity index is 2.38. The van der Waals surface area contributed by atoms with Gasteiger partial charge in [0, 0.05) is 12.1 Å². The molecular formula is C16H21BFNO4. The molecule has 23 heavy (non-hydrogen) atoms. The van der Waals surface area contributed by atoms with Crippen molar-refractivity contribution in [3.63, 3.8) is 0 Å². The molecule has 0 spiro atoms. The molecule has 1 saturated heterocycles. The predicted octanol–water partition coefficient (Wildman–Crippen LogP) is 2.50. The van der Waals surface area contributed by atoms with E-state index in [2.05, 4.69) is 0 Å². The molecule has 0 aliphatic carbocycles. The van der Waals surface area contributed by atoms with Crippen LogP contribution in [0.5, 0.6) is 0 Å². The van der Waals surface area contributed by atoms with Gasteiger partial charge in [-0.05, 0) is 39.2 Å². The molecule has 0 unspecified atom stereocenters. The Morgan fingerprint density at radius 3 is 2.35 bits per heavy atom. The fourth-order valence-corrected chi connectivity index (χ4v) is 2.24. The van der Waals surface area contributed by atoms with Gasteiger partial charge in [0.1, 0.15) is 5.82 Å². The maximum atomic E-state index is 14.3. The second-order valence-electron chi connectivity index (χ2n) is 6.53. The molecular weight excluding hydrogens is 300 g/mol. The average molecular weight is 321 g/mol. The van der Waals surface area contributed by atoms with Crippen molar-refractivity contribution in [1.82, 2.24) is 0 Å².